The highest BCUT2D eigenvalue weighted by atomic mass is 19.1. The van der Waals surface area contributed by atoms with Crippen molar-refractivity contribution in [2.24, 2.45) is 0 Å². The molecule has 0 unspecified atom stereocenters. The Bertz CT molecular complexity index is 1150. The number of nitrogens with zero attached hydrogens (tertiary/aromatic N) is 2. The second-order valence-electron chi connectivity index (χ2n) is 8.87. The van der Waals surface area contributed by atoms with E-state index < -0.39 is 5.54 Å². The Morgan fingerprint density at radius 1 is 1.06 bits per heavy atom. The van der Waals surface area contributed by atoms with Gasteiger partial charge in [0.1, 0.15) is 17.1 Å². The largest absolute Gasteiger partial charge is 0.351 e. The molecule has 2 aliphatic rings. The topological polar surface area (TPSA) is 54.3 Å². The number of anilines is 1. The van der Waals surface area contributed by atoms with E-state index in [1.165, 1.54) is 18.6 Å². The lowest BCUT2D eigenvalue weighted by Gasteiger charge is -2.44. The molecule has 1 atom stereocenters. The summed E-state index contributed by atoms with van der Waals surface area (Å²) in [5.74, 6) is -0.799. The van der Waals surface area contributed by atoms with Crippen molar-refractivity contribution >= 4 is 28.4 Å². The first-order chi connectivity index (χ1) is 15.0. The highest BCUT2D eigenvalue weighted by Gasteiger charge is 2.49. The predicted molar refractivity (Wildman–Crippen MR) is 119 cm³/mol. The van der Waals surface area contributed by atoms with Gasteiger partial charge in [0.2, 0.25) is 5.91 Å². The molecule has 160 valence electrons. The van der Waals surface area contributed by atoms with Crippen molar-refractivity contribution in [3.05, 3.63) is 66.1 Å². The summed E-state index contributed by atoms with van der Waals surface area (Å²) in [5, 5.41) is 4.17. The first-order valence-corrected chi connectivity index (χ1v) is 11.0. The molecule has 2 aromatic carbocycles. The number of hydrogen-bond donors (Lipinski definition) is 1. The second-order valence-corrected chi connectivity index (χ2v) is 8.87. The van der Waals surface area contributed by atoms with Crippen molar-refractivity contribution in [1.29, 1.82) is 0 Å². The lowest BCUT2D eigenvalue weighted by Crippen LogP contribution is -2.65. The number of halogens is 1. The van der Waals surface area contributed by atoms with Gasteiger partial charge >= 0.3 is 0 Å². The van der Waals surface area contributed by atoms with Gasteiger partial charge in [-0.1, -0.05) is 37.5 Å². The zero-order chi connectivity index (χ0) is 21.6. The molecule has 0 radical (unpaired) electrons. The summed E-state index contributed by atoms with van der Waals surface area (Å²) in [6.07, 6.45) is 5.33. The van der Waals surface area contributed by atoms with Gasteiger partial charge in [0.05, 0.1) is 6.54 Å². The van der Waals surface area contributed by atoms with Crippen LogP contribution < -0.4 is 10.2 Å². The fourth-order valence-corrected chi connectivity index (χ4v) is 5.03. The summed E-state index contributed by atoms with van der Waals surface area (Å²) in [5.41, 5.74) is 0.847. The van der Waals surface area contributed by atoms with E-state index in [2.05, 4.69) is 5.32 Å². The molecule has 1 saturated carbocycles. The Morgan fingerprint density at radius 2 is 1.77 bits per heavy atom. The molecule has 5 nitrogen and oxygen atoms in total. The smallest absolute Gasteiger partial charge is 0.275 e. The van der Waals surface area contributed by atoms with E-state index in [9.17, 15) is 14.0 Å². The molecule has 1 aliphatic carbocycles. The number of aromatic nitrogens is 1. The standard InChI is InChI=1S/C25H26FN3O2/c1-25(24(31)27-19-8-3-2-4-9-19)16-28-21-10-6-5-7-17(21)15-22(28)23(30)29(25)20-13-11-18(26)12-14-20/h5-7,10-15,19H,2-4,8-9,16H2,1H3,(H,27,31)/t25-/m1/s1. The molecule has 1 N–H and O–H groups in total. The van der Waals surface area contributed by atoms with Crippen LogP contribution in [0.3, 0.4) is 0 Å². The second kappa shape index (κ2) is 7.52. The zero-order valence-electron chi connectivity index (χ0n) is 17.6. The minimum atomic E-state index is -1.14. The number of nitrogens with one attached hydrogen (secondary N) is 1. The van der Waals surface area contributed by atoms with Gasteiger partial charge in [-0.15, -0.1) is 0 Å². The van der Waals surface area contributed by atoms with Crippen LogP contribution in [0.5, 0.6) is 0 Å². The van der Waals surface area contributed by atoms with E-state index >= 15 is 0 Å². The van der Waals surface area contributed by atoms with Crippen LogP contribution in [0, 0.1) is 5.82 Å². The van der Waals surface area contributed by atoms with Gasteiger partial charge in [-0.2, -0.15) is 0 Å². The van der Waals surface area contributed by atoms with Crippen LogP contribution in [0.4, 0.5) is 10.1 Å². The fraction of sp³-hybridized carbons (Fsp3) is 0.360. The number of amides is 2. The maximum atomic E-state index is 13.7. The van der Waals surface area contributed by atoms with E-state index in [0.717, 1.165) is 36.6 Å². The minimum absolute atomic E-state index is 0.131. The van der Waals surface area contributed by atoms with Crippen LogP contribution in [0.2, 0.25) is 0 Å². The summed E-state index contributed by atoms with van der Waals surface area (Å²) in [6.45, 7) is 2.14. The molecule has 3 aromatic rings. The number of fused-ring (bicyclic) bond motifs is 3. The lowest BCUT2D eigenvalue weighted by molar-refractivity contribution is -0.127. The number of para-hydroxylation sites is 1. The van der Waals surface area contributed by atoms with E-state index in [4.69, 9.17) is 0 Å². The first-order valence-electron chi connectivity index (χ1n) is 11.0. The van der Waals surface area contributed by atoms with Gasteiger partial charge in [-0.05, 0) is 56.2 Å². The Morgan fingerprint density at radius 3 is 2.52 bits per heavy atom. The Labute approximate surface area is 180 Å². The third-order valence-corrected chi connectivity index (χ3v) is 6.71. The van der Waals surface area contributed by atoms with Gasteiger partial charge in [0, 0.05) is 22.6 Å². The van der Waals surface area contributed by atoms with E-state index in [1.807, 2.05) is 41.8 Å². The van der Waals surface area contributed by atoms with Crippen LogP contribution in [0.15, 0.2) is 54.6 Å². The van der Waals surface area contributed by atoms with E-state index in [-0.39, 0.29) is 23.7 Å². The summed E-state index contributed by atoms with van der Waals surface area (Å²) in [6, 6.07) is 15.6. The summed E-state index contributed by atoms with van der Waals surface area (Å²) in [7, 11) is 0. The molecule has 1 aromatic heterocycles. The molecular weight excluding hydrogens is 393 g/mol. The molecule has 2 heterocycles. The number of benzene rings is 2. The van der Waals surface area contributed by atoms with E-state index in [0.29, 0.717) is 17.9 Å². The molecule has 31 heavy (non-hydrogen) atoms. The Balaban J connectivity index is 1.61. The third-order valence-electron chi connectivity index (χ3n) is 6.71. The Kier molecular flexibility index (Phi) is 4.80. The maximum Gasteiger partial charge on any atom is 0.275 e. The molecule has 6 heteroatoms. The zero-order valence-corrected chi connectivity index (χ0v) is 17.6. The van der Waals surface area contributed by atoms with Gasteiger partial charge < -0.3 is 9.88 Å². The first kappa shape index (κ1) is 19.8. The number of carbonyl (C=O) groups is 2. The summed E-state index contributed by atoms with van der Waals surface area (Å²) >= 11 is 0. The average Bonchev–Trinajstić information content (AvgIpc) is 3.14. The van der Waals surface area contributed by atoms with Crippen molar-refractivity contribution in [2.75, 3.05) is 4.90 Å². The van der Waals surface area contributed by atoms with Gasteiger partial charge in [-0.25, -0.2) is 4.39 Å². The molecule has 0 spiro atoms. The Hall–Kier alpha value is -3.15. The summed E-state index contributed by atoms with van der Waals surface area (Å²) < 4.78 is 15.5. The molecule has 2 amide bonds. The SMILES string of the molecule is C[C@]1(C(=O)NC2CCCCC2)Cn2c(cc3ccccc32)C(=O)N1c1ccc(F)cc1. The molecule has 5 rings (SSSR count). The minimum Gasteiger partial charge on any atom is -0.351 e. The van der Waals surface area contributed by atoms with Crippen molar-refractivity contribution in [1.82, 2.24) is 9.88 Å². The molecule has 0 saturated heterocycles. The van der Waals surface area contributed by atoms with E-state index in [1.54, 1.807) is 17.0 Å². The van der Waals surface area contributed by atoms with Crippen molar-refractivity contribution in [3.63, 3.8) is 0 Å². The molecular formula is C25H26FN3O2. The van der Waals surface area contributed by atoms with Crippen molar-refractivity contribution in [3.8, 4) is 0 Å². The lowest BCUT2D eigenvalue weighted by atomic mass is 9.91. The number of carbonyl (C=O) groups excluding carboxylic acids is 2. The highest BCUT2D eigenvalue weighted by Crippen LogP contribution is 2.36. The van der Waals surface area contributed by atoms with Crippen LogP contribution >= 0.6 is 0 Å². The average molecular weight is 420 g/mol. The quantitative estimate of drug-likeness (QED) is 0.672. The molecule has 0 bridgehead atoms. The third kappa shape index (κ3) is 3.30. The van der Waals surface area contributed by atoms with Crippen molar-refractivity contribution < 1.29 is 14.0 Å². The summed E-state index contributed by atoms with van der Waals surface area (Å²) in [4.78, 5) is 28.9. The van der Waals surface area contributed by atoms with Crippen molar-refractivity contribution in [2.45, 2.75) is 57.2 Å². The van der Waals surface area contributed by atoms with Gasteiger partial charge in [-0.3, -0.25) is 14.5 Å². The van der Waals surface area contributed by atoms with Gasteiger partial charge in [0.25, 0.3) is 5.91 Å². The molecule has 1 fully saturated rings. The van der Waals surface area contributed by atoms with Gasteiger partial charge in [0.15, 0.2) is 0 Å². The van der Waals surface area contributed by atoms with Crippen LogP contribution in [-0.4, -0.2) is 28.0 Å². The number of rotatable bonds is 3. The van der Waals surface area contributed by atoms with Crippen LogP contribution in [0.1, 0.15) is 49.5 Å². The predicted octanol–water partition coefficient (Wildman–Crippen LogP) is 4.65. The fourth-order valence-electron chi connectivity index (χ4n) is 5.03. The van der Waals surface area contributed by atoms with Crippen LogP contribution in [0.25, 0.3) is 10.9 Å². The van der Waals surface area contributed by atoms with Crippen LogP contribution in [-0.2, 0) is 11.3 Å². The normalized spacial score (nSPS) is 21.9. The molecule has 1 aliphatic heterocycles. The maximum absolute atomic E-state index is 13.7. The number of hydrogen-bond acceptors (Lipinski definition) is 2. The monoisotopic (exact) mass is 419 g/mol. The highest BCUT2D eigenvalue weighted by molar-refractivity contribution is 6.14.